The average molecular weight is 414 g/mol. The van der Waals surface area contributed by atoms with E-state index in [0.717, 1.165) is 51.9 Å². The van der Waals surface area contributed by atoms with Gasteiger partial charge in [0.15, 0.2) is 5.13 Å². The molecule has 7 heteroatoms. The van der Waals surface area contributed by atoms with E-state index in [1.54, 1.807) is 16.0 Å². The van der Waals surface area contributed by atoms with Gasteiger partial charge in [-0.25, -0.2) is 4.98 Å². The van der Waals surface area contributed by atoms with Crippen LogP contribution in [0.15, 0.2) is 18.2 Å². The molecule has 0 bridgehead atoms. The van der Waals surface area contributed by atoms with Crippen LogP contribution in [0.2, 0.25) is 0 Å². The van der Waals surface area contributed by atoms with Gasteiger partial charge >= 0.3 is 0 Å². The van der Waals surface area contributed by atoms with Crippen LogP contribution in [0.4, 0.5) is 5.13 Å². The molecule has 0 spiro atoms. The third kappa shape index (κ3) is 4.85. The van der Waals surface area contributed by atoms with Crippen molar-refractivity contribution in [3.8, 4) is 0 Å². The average Bonchev–Trinajstić information content (AvgIpc) is 3.21. The number of hydrogen-bond donors (Lipinski definition) is 0. The molecule has 0 aliphatic carbocycles. The largest absolute Gasteiger partial charge is 0.302 e. The molecule has 29 heavy (non-hydrogen) atoms. The molecule has 3 aromatic rings. The van der Waals surface area contributed by atoms with E-state index in [-0.39, 0.29) is 12.5 Å². The van der Waals surface area contributed by atoms with E-state index in [4.69, 9.17) is 4.98 Å². The number of amides is 1. The number of benzene rings is 1. The second-order valence-corrected chi connectivity index (χ2v) is 8.59. The minimum Gasteiger partial charge on any atom is -0.302 e. The standard InChI is InChI=1S/C22H31N5OS/c1-7-25(8-2)9-10-26(20(28)14-27-18(6)13-17(5)24-27)22-23-21-16(4)11-15(3)12-19(21)29-22/h11-13H,7-10,14H2,1-6H3. The molecule has 0 N–H and O–H groups in total. The van der Waals surface area contributed by atoms with Crippen LogP contribution >= 0.6 is 11.3 Å². The van der Waals surface area contributed by atoms with E-state index in [1.165, 1.54) is 5.56 Å². The van der Waals surface area contributed by atoms with Crippen LogP contribution in [-0.4, -0.2) is 51.8 Å². The first-order valence-electron chi connectivity index (χ1n) is 10.2. The van der Waals surface area contributed by atoms with Crippen molar-refractivity contribution in [2.24, 2.45) is 0 Å². The number of carbonyl (C=O) groups excluding carboxylic acids is 1. The highest BCUT2D eigenvalue weighted by molar-refractivity contribution is 7.22. The van der Waals surface area contributed by atoms with Gasteiger partial charge in [-0.15, -0.1) is 0 Å². The third-order valence-electron chi connectivity index (χ3n) is 5.27. The van der Waals surface area contributed by atoms with Gasteiger partial charge < -0.3 is 4.90 Å². The predicted molar refractivity (Wildman–Crippen MR) is 121 cm³/mol. The Labute approximate surface area is 177 Å². The van der Waals surface area contributed by atoms with Crippen molar-refractivity contribution in [3.63, 3.8) is 0 Å². The van der Waals surface area contributed by atoms with Gasteiger partial charge in [0.05, 0.1) is 15.9 Å². The number of thiazole rings is 1. The van der Waals surface area contributed by atoms with Gasteiger partial charge in [0.2, 0.25) is 0 Å². The summed E-state index contributed by atoms with van der Waals surface area (Å²) in [6, 6.07) is 6.29. The lowest BCUT2D eigenvalue weighted by Crippen LogP contribution is -2.40. The Morgan fingerprint density at radius 1 is 1.07 bits per heavy atom. The molecular formula is C22H31N5OS. The summed E-state index contributed by atoms with van der Waals surface area (Å²) in [6.07, 6.45) is 0. The maximum Gasteiger partial charge on any atom is 0.250 e. The van der Waals surface area contributed by atoms with Crippen LogP contribution in [-0.2, 0) is 11.3 Å². The lowest BCUT2D eigenvalue weighted by Gasteiger charge is -2.24. The number of hydrogen-bond acceptors (Lipinski definition) is 5. The van der Waals surface area contributed by atoms with Crippen LogP contribution in [0, 0.1) is 27.7 Å². The smallest absolute Gasteiger partial charge is 0.250 e. The molecule has 6 nitrogen and oxygen atoms in total. The van der Waals surface area contributed by atoms with Crippen molar-refractivity contribution in [1.29, 1.82) is 0 Å². The third-order valence-corrected chi connectivity index (χ3v) is 6.30. The summed E-state index contributed by atoms with van der Waals surface area (Å²) >= 11 is 1.59. The van der Waals surface area contributed by atoms with Gasteiger partial charge in [-0.05, 0) is 64.0 Å². The lowest BCUT2D eigenvalue weighted by atomic mass is 10.1. The zero-order chi connectivity index (χ0) is 21.1. The molecule has 0 atom stereocenters. The summed E-state index contributed by atoms with van der Waals surface area (Å²) in [5.74, 6) is 0.0248. The van der Waals surface area contributed by atoms with Gasteiger partial charge in [0.25, 0.3) is 5.91 Å². The SMILES string of the molecule is CCN(CC)CCN(C(=O)Cn1nc(C)cc1C)c1nc2c(C)cc(C)cc2s1. The Kier molecular flexibility index (Phi) is 6.70. The number of carbonyl (C=O) groups is 1. The van der Waals surface area contributed by atoms with E-state index in [0.29, 0.717) is 6.54 Å². The van der Waals surface area contributed by atoms with Gasteiger partial charge in [0.1, 0.15) is 6.54 Å². The molecule has 0 aliphatic heterocycles. The number of rotatable bonds is 8. The summed E-state index contributed by atoms with van der Waals surface area (Å²) in [7, 11) is 0. The summed E-state index contributed by atoms with van der Waals surface area (Å²) in [4.78, 5) is 22.3. The first-order chi connectivity index (χ1) is 13.8. The predicted octanol–water partition coefficient (Wildman–Crippen LogP) is 4.10. The van der Waals surface area contributed by atoms with Gasteiger partial charge in [-0.2, -0.15) is 5.10 Å². The highest BCUT2D eigenvalue weighted by Gasteiger charge is 2.22. The van der Waals surface area contributed by atoms with E-state index in [9.17, 15) is 4.79 Å². The fourth-order valence-electron chi connectivity index (χ4n) is 3.63. The van der Waals surface area contributed by atoms with Crippen LogP contribution in [0.25, 0.3) is 10.2 Å². The van der Waals surface area contributed by atoms with Gasteiger partial charge in [0, 0.05) is 18.8 Å². The maximum atomic E-state index is 13.3. The summed E-state index contributed by atoms with van der Waals surface area (Å²) in [5.41, 5.74) is 5.28. The monoisotopic (exact) mass is 413 g/mol. The van der Waals surface area contributed by atoms with Crippen LogP contribution in [0.3, 0.4) is 0 Å². The zero-order valence-electron chi connectivity index (χ0n) is 18.3. The summed E-state index contributed by atoms with van der Waals surface area (Å²) < 4.78 is 2.91. The summed E-state index contributed by atoms with van der Waals surface area (Å²) in [5, 5.41) is 5.23. The number of nitrogens with zero attached hydrogens (tertiary/aromatic N) is 5. The first-order valence-corrected chi connectivity index (χ1v) is 11.1. The van der Waals surface area contributed by atoms with E-state index < -0.39 is 0 Å². The molecule has 0 unspecified atom stereocenters. The molecule has 0 aliphatic rings. The highest BCUT2D eigenvalue weighted by Crippen LogP contribution is 2.32. The highest BCUT2D eigenvalue weighted by atomic mass is 32.1. The lowest BCUT2D eigenvalue weighted by molar-refractivity contribution is -0.119. The van der Waals surface area contributed by atoms with Crippen molar-refractivity contribution < 1.29 is 4.79 Å². The molecule has 0 saturated carbocycles. The Hall–Kier alpha value is -2.25. The minimum absolute atomic E-state index is 0.0248. The minimum atomic E-state index is 0.0248. The van der Waals surface area contributed by atoms with Crippen LogP contribution < -0.4 is 4.90 Å². The summed E-state index contributed by atoms with van der Waals surface area (Å²) in [6.45, 7) is 16.0. The number of aromatic nitrogens is 3. The fraction of sp³-hybridized carbons (Fsp3) is 0.500. The molecule has 3 rings (SSSR count). The normalized spacial score (nSPS) is 11.6. The molecule has 0 fully saturated rings. The van der Waals surface area contributed by atoms with Gasteiger partial charge in [-0.3, -0.25) is 14.4 Å². The molecule has 156 valence electrons. The second-order valence-electron chi connectivity index (χ2n) is 7.58. The van der Waals surface area contributed by atoms with E-state index in [1.807, 2.05) is 24.8 Å². The Morgan fingerprint density at radius 3 is 2.41 bits per heavy atom. The van der Waals surface area contributed by atoms with Crippen molar-refractivity contribution in [2.75, 3.05) is 31.1 Å². The second kappa shape index (κ2) is 9.05. The first kappa shape index (κ1) is 21.5. The van der Waals surface area contributed by atoms with Crippen molar-refractivity contribution in [3.05, 3.63) is 40.7 Å². The molecule has 1 aromatic carbocycles. The number of fused-ring (bicyclic) bond motifs is 1. The number of aryl methyl sites for hydroxylation is 4. The van der Waals surface area contributed by atoms with Crippen molar-refractivity contribution in [1.82, 2.24) is 19.7 Å². The maximum absolute atomic E-state index is 13.3. The molecule has 0 saturated heterocycles. The van der Waals surface area contributed by atoms with E-state index >= 15 is 0 Å². The molecular weight excluding hydrogens is 382 g/mol. The Balaban J connectivity index is 1.92. The van der Waals surface area contributed by atoms with Gasteiger partial charge in [-0.1, -0.05) is 31.3 Å². The Bertz CT molecular complexity index is 1000. The van der Waals surface area contributed by atoms with Crippen LogP contribution in [0.1, 0.15) is 36.4 Å². The molecule has 1 amide bonds. The number of likely N-dealkylation sites (N-methyl/N-ethyl adjacent to an activating group) is 1. The molecule has 2 heterocycles. The Morgan fingerprint density at radius 2 is 1.79 bits per heavy atom. The quantitative estimate of drug-likeness (QED) is 0.558. The molecule has 2 aromatic heterocycles. The van der Waals surface area contributed by atoms with Crippen molar-refractivity contribution in [2.45, 2.75) is 48.1 Å². The van der Waals surface area contributed by atoms with Crippen LogP contribution in [0.5, 0.6) is 0 Å². The molecule has 0 radical (unpaired) electrons. The zero-order valence-corrected chi connectivity index (χ0v) is 19.1. The number of anilines is 1. The van der Waals surface area contributed by atoms with E-state index in [2.05, 4.69) is 49.8 Å². The van der Waals surface area contributed by atoms with Crippen molar-refractivity contribution >= 4 is 32.6 Å². The fourth-order valence-corrected chi connectivity index (χ4v) is 4.82. The topological polar surface area (TPSA) is 54.3 Å².